The van der Waals surface area contributed by atoms with Gasteiger partial charge in [-0.05, 0) is 31.0 Å². The number of amides is 1. The summed E-state index contributed by atoms with van der Waals surface area (Å²) in [6, 6.07) is 7.66. The molecule has 0 spiro atoms. The van der Waals surface area contributed by atoms with Crippen LogP contribution in [0.3, 0.4) is 0 Å². The van der Waals surface area contributed by atoms with Crippen LogP contribution >= 0.6 is 0 Å². The van der Waals surface area contributed by atoms with E-state index in [4.69, 9.17) is 4.74 Å². The van der Waals surface area contributed by atoms with Gasteiger partial charge in [0.2, 0.25) is 11.9 Å². The Kier molecular flexibility index (Phi) is 5.06. The van der Waals surface area contributed by atoms with Crippen LogP contribution in [0.5, 0.6) is 0 Å². The summed E-state index contributed by atoms with van der Waals surface area (Å²) >= 11 is 0. The molecule has 0 aliphatic carbocycles. The third kappa shape index (κ3) is 3.67. The lowest BCUT2D eigenvalue weighted by Gasteiger charge is -2.35. The average molecular weight is 353 g/mol. The van der Waals surface area contributed by atoms with E-state index in [0.717, 1.165) is 37.3 Å². The lowest BCUT2D eigenvalue weighted by Crippen LogP contribution is -2.47. The van der Waals surface area contributed by atoms with Crippen LogP contribution in [0.1, 0.15) is 12.8 Å². The maximum atomic E-state index is 12.6. The minimum absolute atomic E-state index is 0.100. The van der Waals surface area contributed by atoms with Gasteiger partial charge in [0.05, 0.1) is 24.6 Å². The maximum Gasteiger partial charge on any atom is 0.225 e. The average Bonchev–Trinajstić information content (AvgIpc) is 2.75. The van der Waals surface area contributed by atoms with E-state index in [9.17, 15) is 4.79 Å². The first kappa shape index (κ1) is 16.9. The van der Waals surface area contributed by atoms with E-state index in [1.807, 2.05) is 29.2 Å². The van der Waals surface area contributed by atoms with Crippen LogP contribution in [0.2, 0.25) is 0 Å². The van der Waals surface area contributed by atoms with Gasteiger partial charge in [0.25, 0.3) is 0 Å². The minimum Gasteiger partial charge on any atom is -0.378 e. The molecule has 4 heterocycles. The summed E-state index contributed by atoms with van der Waals surface area (Å²) in [5, 5.41) is 0. The van der Waals surface area contributed by atoms with E-state index >= 15 is 0 Å². The third-order valence-corrected chi connectivity index (χ3v) is 5.02. The number of anilines is 1. The first-order valence-electron chi connectivity index (χ1n) is 9.17. The second-order valence-electron chi connectivity index (χ2n) is 6.66. The molecule has 2 aromatic heterocycles. The highest BCUT2D eigenvalue weighted by Gasteiger charge is 2.30. The Balaban J connectivity index is 1.39. The van der Waals surface area contributed by atoms with Gasteiger partial charge in [0.15, 0.2) is 0 Å². The van der Waals surface area contributed by atoms with Crippen molar-refractivity contribution in [2.75, 3.05) is 44.3 Å². The number of pyridine rings is 1. The Morgan fingerprint density at radius 1 is 0.962 bits per heavy atom. The van der Waals surface area contributed by atoms with Crippen LogP contribution in [0.25, 0.3) is 11.4 Å². The highest BCUT2D eigenvalue weighted by molar-refractivity contribution is 5.79. The van der Waals surface area contributed by atoms with Gasteiger partial charge in [-0.25, -0.2) is 9.97 Å². The number of rotatable bonds is 3. The van der Waals surface area contributed by atoms with Crippen molar-refractivity contribution in [2.24, 2.45) is 5.92 Å². The van der Waals surface area contributed by atoms with Crippen molar-refractivity contribution in [1.82, 2.24) is 19.9 Å². The van der Waals surface area contributed by atoms with Crippen molar-refractivity contribution in [3.05, 3.63) is 36.7 Å². The van der Waals surface area contributed by atoms with Crippen LogP contribution in [-0.2, 0) is 9.53 Å². The molecule has 2 aliphatic heterocycles. The molecule has 2 saturated heterocycles. The number of ether oxygens (including phenoxy) is 1. The Morgan fingerprint density at radius 3 is 2.50 bits per heavy atom. The first-order valence-corrected chi connectivity index (χ1v) is 9.17. The third-order valence-electron chi connectivity index (χ3n) is 5.02. The summed E-state index contributed by atoms with van der Waals surface area (Å²) in [6.07, 6.45) is 5.22. The van der Waals surface area contributed by atoms with Crippen molar-refractivity contribution in [3.8, 4) is 11.4 Å². The molecule has 0 saturated carbocycles. The number of carbonyl (C=O) groups is 1. The Bertz CT molecular complexity index is 741. The number of hydrogen-bond acceptors (Lipinski definition) is 6. The van der Waals surface area contributed by atoms with Crippen LogP contribution in [0.15, 0.2) is 36.7 Å². The van der Waals surface area contributed by atoms with E-state index in [0.29, 0.717) is 32.3 Å². The molecular weight excluding hydrogens is 330 g/mol. The minimum atomic E-state index is 0.100. The van der Waals surface area contributed by atoms with E-state index in [2.05, 4.69) is 19.9 Å². The van der Waals surface area contributed by atoms with Gasteiger partial charge in [-0.1, -0.05) is 6.07 Å². The Morgan fingerprint density at radius 2 is 1.77 bits per heavy atom. The molecule has 0 N–H and O–H groups in total. The number of aromatic nitrogens is 3. The maximum absolute atomic E-state index is 12.6. The van der Waals surface area contributed by atoms with E-state index in [1.54, 1.807) is 12.4 Å². The summed E-state index contributed by atoms with van der Waals surface area (Å²) < 4.78 is 5.34. The van der Waals surface area contributed by atoms with Crippen LogP contribution in [-0.4, -0.2) is 65.2 Å². The lowest BCUT2D eigenvalue weighted by atomic mass is 9.95. The largest absolute Gasteiger partial charge is 0.378 e. The van der Waals surface area contributed by atoms with Gasteiger partial charge < -0.3 is 14.5 Å². The SMILES string of the molecule is O=C(C1CCN(c2nccc(-c3ccccn3)n2)CC1)N1CCOCC1. The highest BCUT2D eigenvalue weighted by atomic mass is 16.5. The van der Waals surface area contributed by atoms with Gasteiger partial charge in [-0.2, -0.15) is 0 Å². The van der Waals surface area contributed by atoms with Crippen molar-refractivity contribution in [3.63, 3.8) is 0 Å². The molecule has 2 aliphatic rings. The summed E-state index contributed by atoms with van der Waals surface area (Å²) in [5.41, 5.74) is 1.66. The second-order valence-corrected chi connectivity index (χ2v) is 6.66. The summed E-state index contributed by atoms with van der Waals surface area (Å²) in [4.78, 5) is 30.2. The molecule has 4 rings (SSSR count). The molecular formula is C19H23N5O2. The zero-order chi connectivity index (χ0) is 17.8. The smallest absolute Gasteiger partial charge is 0.225 e. The van der Waals surface area contributed by atoms with Crippen molar-refractivity contribution >= 4 is 11.9 Å². The fraction of sp³-hybridized carbons (Fsp3) is 0.474. The summed E-state index contributed by atoms with van der Waals surface area (Å²) in [5.74, 6) is 1.09. The quantitative estimate of drug-likeness (QED) is 0.835. The summed E-state index contributed by atoms with van der Waals surface area (Å²) in [6.45, 7) is 4.33. The van der Waals surface area contributed by atoms with E-state index < -0.39 is 0 Å². The standard InChI is InChI=1S/C19H23N5O2/c25-18(23-11-13-26-14-12-23)15-5-9-24(10-6-15)19-21-8-4-17(22-19)16-3-1-2-7-20-16/h1-4,7-8,15H,5-6,9-14H2. The van der Waals surface area contributed by atoms with Crippen molar-refractivity contribution < 1.29 is 9.53 Å². The molecule has 0 unspecified atom stereocenters. The fourth-order valence-corrected chi connectivity index (χ4v) is 3.53. The number of hydrogen-bond donors (Lipinski definition) is 0. The van der Waals surface area contributed by atoms with E-state index in [-0.39, 0.29) is 11.8 Å². The Labute approximate surface area is 153 Å². The van der Waals surface area contributed by atoms with Crippen LogP contribution in [0, 0.1) is 5.92 Å². The molecule has 136 valence electrons. The predicted molar refractivity (Wildman–Crippen MR) is 97.6 cm³/mol. The normalized spacial score (nSPS) is 18.8. The monoisotopic (exact) mass is 353 g/mol. The molecule has 2 fully saturated rings. The number of carbonyl (C=O) groups excluding carboxylic acids is 1. The first-order chi connectivity index (χ1) is 12.8. The number of nitrogens with zero attached hydrogens (tertiary/aromatic N) is 5. The predicted octanol–water partition coefficient (Wildman–Crippen LogP) is 1.61. The topological polar surface area (TPSA) is 71.5 Å². The van der Waals surface area contributed by atoms with Gasteiger partial charge in [-0.3, -0.25) is 9.78 Å². The number of piperidine rings is 1. The van der Waals surface area contributed by atoms with Gasteiger partial charge in [0, 0.05) is 44.5 Å². The zero-order valence-corrected chi connectivity index (χ0v) is 14.8. The molecule has 7 heteroatoms. The second kappa shape index (κ2) is 7.78. The highest BCUT2D eigenvalue weighted by Crippen LogP contribution is 2.24. The molecule has 26 heavy (non-hydrogen) atoms. The van der Waals surface area contributed by atoms with Crippen LogP contribution in [0.4, 0.5) is 5.95 Å². The van der Waals surface area contributed by atoms with Crippen molar-refractivity contribution in [1.29, 1.82) is 0 Å². The van der Waals surface area contributed by atoms with E-state index in [1.165, 1.54) is 0 Å². The Hall–Kier alpha value is -2.54. The lowest BCUT2D eigenvalue weighted by molar-refractivity contribution is -0.140. The number of morpholine rings is 1. The molecule has 1 amide bonds. The van der Waals surface area contributed by atoms with Gasteiger partial charge >= 0.3 is 0 Å². The molecule has 2 aromatic rings. The van der Waals surface area contributed by atoms with Gasteiger partial charge in [-0.15, -0.1) is 0 Å². The molecule has 0 atom stereocenters. The molecule has 0 radical (unpaired) electrons. The van der Waals surface area contributed by atoms with Gasteiger partial charge in [0.1, 0.15) is 0 Å². The zero-order valence-electron chi connectivity index (χ0n) is 14.8. The van der Waals surface area contributed by atoms with Crippen LogP contribution < -0.4 is 4.90 Å². The molecule has 0 aromatic carbocycles. The fourth-order valence-electron chi connectivity index (χ4n) is 3.53. The molecule has 7 nitrogen and oxygen atoms in total. The molecule has 0 bridgehead atoms. The summed E-state index contributed by atoms with van der Waals surface area (Å²) in [7, 11) is 0. The van der Waals surface area contributed by atoms with Crippen molar-refractivity contribution in [2.45, 2.75) is 12.8 Å².